The quantitative estimate of drug-likeness (QED) is 0.605. The van der Waals surface area contributed by atoms with Crippen LogP contribution in [0.4, 0.5) is 11.5 Å². The van der Waals surface area contributed by atoms with Gasteiger partial charge in [0.15, 0.2) is 0 Å². The Balaban J connectivity index is 1.53. The molecule has 3 aromatic rings. The lowest BCUT2D eigenvalue weighted by Gasteiger charge is -2.38. The van der Waals surface area contributed by atoms with Gasteiger partial charge in [0, 0.05) is 23.7 Å². The number of carbonyl (C=O) groups is 2. The number of rotatable bonds is 3. The van der Waals surface area contributed by atoms with Crippen molar-refractivity contribution >= 4 is 34.7 Å². The van der Waals surface area contributed by atoms with E-state index in [2.05, 4.69) is 22.2 Å². The van der Waals surface area contributed by atoms with E-state index in [-0.39, 0.29) is 6.04 Å². The van der Waals surface area contributed by atoms with Crippen molar-refractivity contribution < 1.29 is 9.59 Å². The summed E-state index contributed by atoms with van der Waals surface area (Å²) in [6.45, 7) is 4.45. The van der Waals surface area contributed by atoms with Gasteiger partial charge in [-0.05, 0) is 42.9 Å². The van der Waals surface area contributed by atoms with Crippen LogP contribution in [0.1, 0.15) is 36.9 Å². The molecule has 0 aliphatic carbocycles. The van der Waals surface area contributed by atoms with Gasteiger partial charge in [-0.15, -0.1) is 11.3 Å². The summed E-state index contributed by atoms with van der Waals surface area (Å²) < 4.78 is 0. The highest BCUT2D eigenvalue weighted by atomic mass is 32.1. The molecule has 1 saturated heterocycles. The number of aryl methyl sites for hydroxylation is 1. The molecule has 0 radical (unpaired) electrons. The second-order valence-corrected chi connectivity index (χ2v) is 8.89. The standard InChI is InChI=1S/C23H25N5O2S/c1-14-3-8-19(16-4-6-17(7-5-16)22-25-9-10-31-22)28(13-14)23(30)21(29)27-18-11-15(2)20(24)26-12-18/h4-7,9-12,14,19H,3,8,13H2,1-2H3,(H2,24,26)(H,27,29)/t14-,19?/m0/s1. The van der Waals surface area contributed by atoms with Gasteiger partial charge in [-0.3, -0.25) is 9.59 Å². The second-order valence-electron chi connectivity index (χ2n) is 8.00. The zero-order chi connectivity index (χ0) is 22.0. The maximum absolute atomic E-state index is 13.1. The van der Waals surface area contributed by atoms with Crippen LogP contribution >= 0.6 is 11.3 Å². The lowest BCUT2D eigenvalue weighted by atomic mass is 9.89. The number of pyridine rings is 1. The van der Waals surface area contributed by atoms with Gasteiger partial charge < -0.3 is 16.0 Å². The number of anilines is 2. The average Bonchev–Trinajstić information content (AvgIpc) is 3.31. The molecule has 3 N–H and O–H groups in total. The fourth-order valence-corrected chi connectivity index (χ4v) is 4.55. The molecule has 2 amide bonds. The SMILES string of the molecule is Cc1cc(NC(=O)C(=O)N2C[C@@H](C)CCC2c2ccc(-c3nccs3)cc2)cnc1N. The molecule has 0 spiro atoms. The topological polar surface area (TPSA) is 101 Å². The minimum atomic E-state index is -0.663. The van der Waals surface area contributed by atoms with Crippen molar-refractivity contribution in [3.8, 4) is 10.6 Å². The molecule has 160 valence electrons. The highest BCUT2D eigenvalue weighted by Gasteiger charge is 2.34. The van der Waals surface area contributed by atoms with E-state index in [1.807, 2.05) is 29.6 Å². The first-order valence-corrected chi connectivity index (χ1v) is 11.1. The predicted molar refractivity (Wildman–Crippen MR) is 122 cm³/mol. The number of carbonyl (C=O) groups excluding carboxylic acids is 2. The molecule has 0 saturated carbocycles. The third kappa shape index (κ3) is 4.59. The van der Waals surface area contributed by atoms with Crippen LogP contribution in [0.15, 0.2) is 48.1 Å². The van der Waals surface area contributed by atoms with Crippen molar-refractivity contribution in [2.24, 2.45) is 5.92 Å². The number of nitrogens with one attached hydrogen (secondary N) is 1. The molecule has 8 heteroatoms. The maximum Gasteiger partial charge on any atom is 0.313 e. The van der Waals surface area contributed by atoms with Crippen LogP contribution in [0.5, 0.6) is 0 Å². The number of aromatic nitrogens is 2. The van der Waals surface area contributed by atoms with E-state index in [9.17, 15) is 9.59 Å². The van der Waals surface area contributed by atoms with Gasteiger partial charge in [0.1, 0.15) is 10.8 Å². The number of nitrogens with two attached hydrogens (primary N) is 1. The van der Waals surface area contributed by atoms with E-state index in [1.165, 1.54) is 6.20 Å². The highest BCUT2D eigenvalue weighted by Crippen LogP contribution is 2.34. The Morgan fingerprint density at radius 1 is 1.19 bits per heavy atom. The van der Waals surface area contributed by atoms with E-state index in [4.69, 9.17) is 5.73 Å². The summed E-state index contributed by atoms with van der Waals surface area (Å²) >= 11 is 1.59. The summed E-state index contributed by atoms with van der Waals surface area (Å²) in [5, 5.41) is 5.58. The number of benzene rings is 1. The number of likely N-dealkylation sites (tertiary alicyclic amines) is 1. The van der Waals surface area contributed by atoms with Crippen molar-refractivity contribution in [2.75, 3.05) is 17.6 Å². The lowest BCUT2D eigenvalue weighted by molar-refractivity contribution is -0.146. The summed E-state index contributed by atoms with van der Waals surface area (Å²) in [6.07, 6.45) is 5.07. The Morgan fingerprint density at radius 2 is 1.97 bits per heavy atom. The molecule has 1 aromatic carbocycles. The van der Waals surface area contributed by atoms with Crippen molar-refractivity contribution in [2.45, 2.75) is 32.7 Å². The smallest absolute Gasteiger partial charge is 0.313 e. The number of hydrogen-bond acceptors (Lipinski definition) is 6. The summed E-state index contributed by atoms with van der Waals surface area (Å²) in [7, 11) is 0. The molecule has 0 bridgehead atoms. The first-order valence-electron chi connectivity index (χ1n) is 10.3. The third-order valence-corrected chi connectivity index (χ3v) is 6.45. The number of amides is 2. The molecule has 1 aliphatic heterocycles. The molecule has 4 rings (SSSR count). The molecule has 1 fully saturated rings. The van der Waals surface area contributed by atoms with Gasteiger partial charge in [0.25, 0.3) is 0 Å². The van der Waals surface area contributed by atoms with Gasteiger partial charge in [-0.2, -0.15) is 0 Å². The van der Waals surface area contributed by atoms with Crippen LogP contribution in [-0.4, -0.2) is 33.2 Å². The normalized spacial score (nSPS) is 18.6. The largest absolute Gasteiger partial charge is 0.383 e. The Hall–Kier alpha value is -3.26. The Kier molecular flexibility index (Phi) is 5.99. The van der Waals surface area contributed by atoms with E-state index < -0.39 is 11.8 Å². The van der Waals surface area contributed by atoms with Crippen molar-refractivity contribution in [3.63, 3.8) is 0 Å². The number of thiazole rings is 1. The molecule has 31 heavy (non-hydrogen) atoms. The first kappa shape index (κ1) is 21.0. The summed E-state index contributed by atoms with van der Waals surface area (Å²) in [6, 6.07) is 9.69. The van der Waals surface area contributed by atoms with E-state index in [1.54, 1.807) is 35.4 Å². The predicted octanol–water partition coefficient (Wildman–Crippen LogP) is 4.03. The maximum atomic E-state index is 13.1. The van der Waals surface area contributed by atoms with Crippen LogP contribution in [0.2, 0.25) is 0 Å². The van der Waals surface area contributed by atoms with Crippen molar-refractivity contribution in [1.82, 2.24) is 14.9 Å². The van der Waals surface area contributed by atoms with Crippen LogP contribution in [0, 0.1) is 12.8 Å². The zero-order valence-corrected chi connectivity index (χ0v) is 18.4. The third-order valence-electron chi connectivity index (χ3n) is 5.62. The van der Waals surface area contributed by atoms with Crippen molar-refractivity contribution in [1.29, 1.82) is 0 Å². The summed E-state index contributed by atoms with van der Waals surface area (Å²) in [5.41, 5.74) is 9.01. The van der Waals surface area contributed by atoms with Gasteiger partial charge >= 0.3 is 11.8 Å². The van der Waals surface area contributed by atoms with Crippen LogP contribution in [0.3, 0.4) is 0 Å². The molecule has 1 unspecified atom stereocenters. The number of nitrogen functional groups attached to an aromatic ring is 1. The first-order chi connectivity index (χ1) is 14.9. The second kappa shape index (κ2) is 8.85. The lowest BCUT2D eigenvalue weighted by Crippen LogP contribution is -2.46. The molecule has 1 aliphatic rings. The monoisotopic (exact) mass is 435 g/mol. The Labute approximate surface area is 185 Å². The molecule has 3 heterocycles. The van der Waals surface area contributed by atoms with Gasteiger partial charge in [0.2, 0.25) is 0 Å². The van der Waals surface area contributed by atoms with Gasteiger partial charge in [-0.1, -0.05) is 31.2 Å². The number of piperidine rings is 1. The van der Waals surface area contributed by atoms with E-state index in [0.29, 0.717) is 24.0 Å². The van der Waals surface area contributed by atoms with E-state index >= 15 is 0 Å². The van der Waals surface area contributed by atoms with E-state index in [0.717, 1.165) is 34.5 Å². The molecule has 2 atom stereocenters. The highest BCUT2D eigenvalue weighted by molar-refractivity contribution is 7.13. The van der Waals surface area contributed by atoms with Gasteiger partial charge in [0.05, 0.1) is 17.9 Å². The Bertz CT molecular complexity index is 1080. The van der Waals surface area contributed by atoms with Crippen LogP contribution < -0.4 is 11.1 Å². The minimum Gasteiger partial charge on any atom is -0.383 e. The van der Waals surface area contributed by atoms with Gasteiger partial charge in [-0.25, -0.2) is 9.97 Å². The molecule has 2 aromatic heterocycles. The van der Waals surface area contributed by atoms with Crippen molar-refractivity contribution in [3.05, 3.63) is 59.2 Å². The number of nitrogens with zero attached hydrogens (tertiary/aromatic N) is 3. The summed E-state index contributed by atoms with van der Waals surface area (Å²) in [5.74, 6) is -0.460. The molecular weight excluding hydrogens is 410 g/mol. The summed E-state index contributed by atoms with van der Waals surface area (Å²) in [4.78, 5) is 35.9. The fraction of sp³-hybridized carbons (Fsp3) is 0.304. The van der Waals surface area contributed by atoms with Crippen LogP contribution in [-0.2, 0) is 9.59 Å². The zero-order valence-electron chi connectivity index (χ0n) is 17.5. The fourth-order valence-electron chi connectivity index (χ4n) is 3.91. The number of hydrogen-bond donors (Lipinski definition) is 2. The minimum absolute atomic E-state index is 0.133. The van der Waals surface area contributed by atoms with Crippen LogP contribution in [0.25, 0.3) is 10.6 Å². The average molecular weight is 436 g/mol. The Morgan fingerprint density at radius 3 is 2.65 bits per heavy atom. The molecule has 7 nitrogen and oxygen atoms in total. The molecular formula is C23H25N5O2S.